The van der Waals surface area contributed by atoms with Crippen LogP contribution >= 0.6 is 6.04 Å². The second-order valence-electron chi connectivity index (χ2n) is 9.19. The van der Waals surface area contributed by atoms with E-state index in [0.29, 0.717) is 0 Å². The molecule has 2 aliphatic rings. The van der Waals surface area contributed by atoms with Crippen molar-refractivity contribution in [3.8, 4) is 0 Å². The fourth-order valence-corrected chi connectivity index (χ4v) is 8.64. The van der Waals surface area contributed by atoms with Gasteiger partial charge in [-0.25, -0.2) is 0 Å². The number of hydrogen-bond acceptors (Lipinski definition) is 3. The third-order valence-electron chi connectivity index (χ3n) is 6.73. The van der Waals surface area contributed by atoms with E-state index in [0.717, 1.165) is 12.1 Å². The van der Waals surface area contributed by atoms with Crippen LogP contribution < -0.4 is 10.6 Å². The van der Waals surface area contributed by atoms with Gasteiger partial charge in [0.2, 0.25) is 0 Å². The summed E-state index contributed by atoms with van der Waals surface area (Å²) in [5, 5.41) is 13.3. The van der Waals surface area contributed by atoms with Crippen molar-refractivity contribution in [1.82, 2.24) is 4.90 Å². The van der Waals surface area contributed by atoms with Gasteiger partial charge in [0.15, 0.2) is 0 Å². The van der Waals surface area contributed by atoms with Crippen LogP contribution in [0.2, 0.25) is 0 Å². The van der Waals surface area contributed by atoms with Crippen molar-refractivity contribution in [3.63, 3.8) is 0 Å². The fraction of sp³-hybridized carbons (Fsp3) is 0.152. The third kappa shape index (κ3) is 7.69. The van der Waals surface area contributed by atoms with Gasteiger partial charge in [0.25, 0.3) is 0 Å². The second kappa shape index (κ2) is 15.5. The van der Waals surface area contributed by atoms with E-state index in [4.69, 9.17) is 11.8 Å². The SMILES string of the molecule is CC(C(O)c1ccccc1)N(C)C[C]1[CH][CH][CH][C]1P(=S)(c1ccccc1)c1ccccc1.[CH]1[CH][CH][CH][CH]1.[Fe+2]. The normalized spacial score (nSPS) is 17.9. The molecule has 3 aromatic rings. The quantitative estimate of drug-likeness (QED) is 0.265. The Bertz CT molecular complexity index is 1060. The van der Waals surface area contributed by atoms with Gasteiger partial charge in [-0.2, -0.15) is 0 Å². The van der Waals surface area contributed by atoms with E-state index in [1.807, 2.05) is 74.6 Å². The number of benzene rings is 3. The average Bonchev–Trinajstić information content (AvgIpc) is 3.69. The molecule has 10 radical (unpaired) electrons. The Kier molecular flexibility index (Phi) is 12.8. The first kappa shape index (κ1) is 31.3. The Hall–Kier alpha value is -1.25. The molecule has 2 saturated carbocycles. The van der Waals surface area contributed by atoms with E-state index in [2.05, 4.69) is 86.7 Å². The van der Waals surface area contributed by atoms with Crippen LogP contribution in [0, 0.1) is 62.9 Å². The molecule has 2 fully saturated rings. The molecule has 194 valence electrons. The molecule has 2 atom stereocenters. The maximum absolute atomic E-state index is 10.9. The zero-order valence-corrected chi connectivity index (χ0v) is 24.6. The zero-order chi connectivity index (χ0) is 26.1. The van der Waals surface area contributed by atoms with E-state index < -0.39 is 12.1 Å². The fourth-order valence-electron chi connectivity index (χ4n) is 4.50. The van der Waals surface area contributed by atoms with Crippen LogP contribution in [0.25, 0.3) is 0 Å². The zero-order valence-electron chi connectivity index (χ0n) is 21.7. The summed E-state index contributed by atoms with van der Waals surface area (Å²) in [4.78, 5) is 2.21. The van der Waals surface area contributed by atoms with Gasteiger partial charge in [-0.1, -0.05) is 103 Å². The van der Waals surface area contributed by atoms with Gasteiger partial charge in [-0.3, -0.25) is 0 Å². The molecule has 0 spiro atoms. The summed E-state index contributed by atoms with van der Waals surface area (Å²) in [7, 11) is 2.07. The van der Waals surface area contributed by atoms with Crippen LogP contribution in [0.3, 0.4) is 0 Å². The third-order valence-corrected chi connectivity index (χ3v) is 11.7. The second-order valence-corrected chi connectivity index (χ2v) is 13.6. The molecule has 0 aliphatic heterocycles. The van der Waals surface area contributed by atoms with Gasteiger partial charge < -0.3 is 10.0 Å². The van der Waals surface area contributed by atoms with Gasteiger partial charge >= 0.3 is 17.1 Å². The largest absolute Gasteiger partial charge is 2.00 e. The van der Waals surface area contributed by atoms with Crippen molar-refractivity contribution in [2.24, 2.45) is 0 Å². The van der Waals surface area contributed by atoms with Gasteiger partial charge in [0.05, 0.1) is 6.10 Å². The molecule has 2 aliphatic carbocycles. The van der Waals surface area contributed by atoms with Crippen LogP contribution in [0.4, 0.5) is 0 Å². The molecule has 0 amide bonds. The van der Waals surface area contributed by atoms with Crippen LogP contribution in [0.5, 0.6) is 0 Å². The number of likely N-dealkylation sites (N-methyl/N-ethyl adjacent to an activating group) is 1. The van der Waals surface area contributed by atoms with Crippen LogP contribution in [0.1, 0.15) is 18.6 Å². The first-order valence-electron chi connectivity index (χ1n) is 12.6. The number of aliphatic hydroxyl groups excluding tert-OH is 1. The molecule has 0 heterocycles. The molecular formula is C33H34FeNOPS+2. The predicted octanol–water partition coefficient (Wildman–Crippen LogP) is 5.92. The number of nitrogens with zero attached hydrogens (tertiary/aromatic N) is 1. The molecule has 5 heteroatoms. The first-order chi connectivity index (χ1) is 18.0. The number of aliphatic hydroxyl groups is 1. The summed E-state index contributed by atoms with van der Waals surface area (Å²) in [5.74, 6) is 1.23. The van der Waals surface area contributed by atoms with Gasteiger partial charge in [0, 0.05) is 30.2 Å². The van der Waals surface area contributed by atoms with Gasteiger partial charge in [-0.15, -0.1) is 0 Å². The van der Waals surface area contributed by atoms with E-state index in [1.54, 1.807) is 0 Å². The summed E-state index contributed by atoms with van der Waals surface area (Å²) in [5.41, 5.74) is 2.17. The predicted molar refractivity (Wildman–Crippen MR) is 161 cm³/mol. The Morgan fingerprint density at radius 3 is 1.63 bits per heavy atom. The molecule has 0 bridgehead atoms. The summed E-state index contributed by atoms with van der Waals surface area (Å²) in [6, 6.07) is 28.7. The molecule has 1 N–H and O–H groups in total. The van der Waals surface area contributed by atoms with Crippen LogP contribution in [-0.2, 0) is 28.9 Å². The molecule has 5 rings (SSSR count). The van der Waals surface area contributed by atoms with Crippen LogP contribution in [0.15, 0.2) is 91.0 Å². The molecule has 2 nitrogen and oxygen atoms in total. The van der Waals surface area contributed by atoms with Crippen molar-refractivity contribution >= 4 is 28.5 Å². The van der Waals surface area contributed by atoms with Crippen molar-refractivity contribution in [2.75, 3.05) is 13.6 Å². The van der Waals surface area contributed by atoms with Gasteiger partial charge in [0.1, 0.15) is 0 Å². The summed E-state index contributed by atoms with van der Waals surface area (Å²) >= 11 is 6.53. The maximum atomic E-state index is 10.9. The Morgan fingerprint density at radius 2 is 1.16 bits per heavy atom. The Balaban J connectivity index is 0.000000598. The molecular weight excluding hydrogens is 545 g/mol. The van der Waals surface area contributed by atoms with Crippen molar-refractivity contribution in [3.05, 3.63) is 160 Å². The monoisotopic (exact) mass is 579 g/mol. The van der Waals surface area contributed by atoms with Crippen LogP contribution in [-0.4, -0.2) is 29.6 Å². The molecule has 2 unspecified atom stereocenters. The minimum absolute atomic E-state index is 0. The summed E-state index contributed by atoms with van der Waals surface area (Å²) < 4.78 is 0. The standard InChI is InChI=1S/C28H29NOPS.C5H5.Fe/c1-22(28(30)23-13-6-3-7-14-23)29(2)21-24-15-12-20-27(24)31(32,25-16-8-4-9-17-25)26-18-10-5-11-19-26;1-2-4-5-3-1;/h3-20,22,28,30H,21H2,1-2H3;1-5H;/q;;+2. The average molecular weight is 580 g/mol. The van der Waals surface area contributed by atoms with Crippen molar-refractivity contribution < 1.29 is 22.2 Å². The number of hydrogen-bond donors (Lipinski definition) is 1. The summed E-state index contributed by atoms with van der Waals surface area (Å²) in [6.07, 6.45) is 15.9. The maximum Gasteiger partial charge on any atom is 2.00 e. The van der Waals surface area contributed by atoms with Crippen molar-refractivity contribution in [1.29, 1.82) is 0 Å². The Morgan fingerprint density at radius 1 is 0.711 bits per heavy atom. The molecule has 38 heavy (non-hydrogen) atoms. The smallest absolute Gasteiger partial charge is 0.387 e. The van der Waals surface area contributed by atoms with Crippen molar-refractivity contribution in [2.45, 2.75) is 19.1 Å². The van der Waals surface area contributed by atoms with Gasteiger partial charge in [-0.05, 0) is 81.5 Å². The summed E-state index contributed by atoms with van der Waals surface area (Å²) in [6.45, 7) is 2.80. The minimum Gasteiger partial charge on any atom is -0.387 e. The number of rotatable bonds is 8. The van der Waals surface area contributed by atoms with E-state index in [9.17, 15) is 5.11 Å². The minimum atomic E-state index is -2.19. The Labute approximate surface area is 246 Å². The first-order valence-corrected chi connectivity index (χ1v) is 15.4. The molecule has 3 aromatic carbocycles. The topological polar surface area (TPSA) is 23.5 Å². The van der Waals surface area contributed by atoms with E-state index >= 15 is 0 Å². The van der Waals surface area contributed by atoms with E-state index in [1.165, 1.54) is 22.2 Å². The molecule has 0 aromatic heterocycles. The molecule has 0 saturated heterocycles. The van der Waals surface area contributed by atoms with E-state index in [-0.39, 0.29) is 23.1 Å².